The van der Waals surface area contributed by atoms with Gasteiger partial charge in [0, 0.05) is 0 Å². The fourth-order valence-corrected chi connectivity index (χ4v) is 4.54. The van der Waals surface area contributed by atoms with Crippen LogP contribution in [0.1, 0.15) is 27.2 Å². The molecule has 0 spiro atoms. The Bertz CT molecular complexity index is 103. The fraction of sp³-hybridized carbons (Fsp3) is 1.00. The van der Waals surface area contributed by atoms with Crippen LogP contribution in [0.25, 0.3) is 0 Å². The first kappa shape index (κ1) is 8.49. The van der Waals surface area contributed by atoms with Crippen LogP contribution in [0.15, 0.2) is 0 Å². The molecule has 0 aromatic heterocycles. The van der Waals surface area contributed by atoms with Crippen molar-refractivity contribution >= 4 is 19.4 Å². The van der Waals surface area contributed by atoms with Crippen molar-refractivity contribution in [3.63, 3.8) is 0 Å². The van der Waals surface area contributed by atoms with E-state index in [9.17, 15) is 0 Å². The molecule has 10 heavy (non-hydrogen) atoms. The number of nitrogens with zero attached hydrogens (tertiary/aromatic N) is 1. The standard InChI is InChI=1S/C7H15NSi2/c1-7(2,3)8-9-5-4-6-10-8/h4-6H2,1-3H3. The van der Waals surface area contributed by atoms with E-state index >= 15 is 0 Å². The summed E-state index contributed by atoms with van der Waals surface area (Å²) in [6.07, 6.45) is 1.46. The van der Waals surface area contributed by atoms with Crippen LogP contribution in [0, 0.1) is 0 Å². The Balaban J connectivity index is 2.39. The second-order valence-electron chi connectivity index (χ2n) is 3.68. The minimum atomic E-state index is 0.428. The van der Waals surface area contributed by atoms with Crippen molar-refractivity contribution in [2.24, 2.45) is 0 Å². The van der Waals surface area contributed by atoms with Gasteiger partial charge in [0.25, 0.3) is 0 Å². The van der Waals surface area contributed by atoms with Crippen molar-refractivity contribution in [3.05, 3.63) is 0 Å². The molecule has 0 atom stereocenters. The highest BCUT2D eigenvalue weighted by molar-refractivity contribution is 6.52. The molecule has 0 aromatic carbocycles. The zero-order valence-electron chi connectivity index (χ0n) is 7.07. The molecule has 0 aromatic rings. The van der Waals surface area contributed by atoms with Gasteiger partial charge in [-0.3, -0.25) is 0 Å². The van der Waals surface area contributed by atoms with Crippen molar-refractivity contribution in [2.75, 3.05) is 0 Å². The highest BCUT2D eigenvalue weighted by atomic mass is 28.3. The number of hydrogen-bond donors (Lipinski definition) is 0. The zero-order chi connectivity index (χ0) is 7.61. The first-order chi connectivity index (χ1) is 4.61. The Hall–Kier alpha value is 0.394. The predicted octanol–water partition coefficient (Wildman–Crippen LogP) is 1.57. The molecule has 4 radical (unpaired) electrons. The molecule has 1 nitrogen and oxygen atoms in total. The lowest BCUT2D eigenvalue weighted by Gasteiger charge is -2.37. The third-order valence-corrected chi connectivity index (χ3v) is 5.64. The van der Waals surface area contributed by atoms with E-state index in [1.165, 1.54) is 18.5 Å². The monoisotopic (exact) mass is 169 g/mol. The van der Waals surface area contributed by atoms with Gasteiger partial charge in [-0.1, -0.05) is 6.42 Å². The van der Waals surface area contributed by atoms with Gasteiger partial charge in [0.15, 0.2) is 0 Å². The van der Waals surface area contributed by atoms with Gasteiger partial charge in [-0.25, -0.2) is 0 Å². The average Bonchev–Trinajstić information content (AvgIpc) is 1.88. The molecule has 1 rings (SSSR count). The lowest BCUT2D eigenvalue weighted by Crippen LogP contribution is -2.47. The summed E-state index contributed by atoms with van der Waals surface area (Å²) in [6, 6.07) is 2.87. The quantitative estimate of drug-likeness (QED) is 0.498. The molecule has 0 unspecified atom stereocenters. The smallest absolute Gasteiger partial charge is 0.134 e. The fourth-order valence-electron chi connectivity index (χ4n) is 1.00. The Morgan fingerprint density at radius 1 is 1.10 bits per heavy atom. The van der Waals surface area contributed by atoms with Crippen molar-refractivity contribution in [1.82, 2.24) is 4.23 Å². The summed E-state index contributed by atoms with van der Waals surface area (Å²) >= 11 is 0. The van der Waals surface area contributed by atoms with Crippen molar-refractivity contribution in [1.29, 1.82) is 0 Å². The Morgan fingerprint density at radius 2 is 1.60 bits per heavy atom. The molecule has 1 fully saturated rings. The summed E-state index contributed by atoms with van der Waals surface area (Å²) in [4.78, 5) is 0. The largest absolute Gasteiger partial charge is 0.345 e. The zero-order valence-corrected chi connectivity index (χ0v) is 9.07. The molecular weight excluding hydrogens is 154 g/mol. The summed E-state index contributed by atoms with van der Waals surface area (Å²) in [5.41, 5.74) is 0.428. The van der Waals surface area contributed by atoms with Crippen molar-refractivity contribution in [3.8, 4) is 0 Å². The van der Waals surface area contributed by atoms with Gasteiger partial charge in [0.2, 0.25) is 0 Å². The molecule has 0 amide bonds. The minimum Gasteiger partial charge on any atom is -0.345 e. The van der Waals surface area contributed by atoms with Crippen LogP contribution in [-0.2, 0) is 0 Å². The first-order valence-corrected chi connectivity index (χ1v) is 6.19. The summed E-state index contributed by atoms with van der Waals surface area (Å²) in [5, 5.41) is 0. The van der Waals surface area contributed by atoms with Crippen LogP contribution in [0.4, 0.5) is 0 Å². The minimum absolute atomic E-state index is 0.428. The van der Waals surface area contributed by atoms with Crippen molar-refractivity contribution in [2.45, 2.75) is 44.8 Å². The molecule has 56 valence electrons. The summed E-state index contributed by atoms with van der Waals surface area (Å²) in [7, 11) is 2.18. The van der Waals surface area contributed by atoms with Crippen LogP contribution in [0.2, 0.25) is 12.1 Å². The van der Waals surface area contributed by atoms with Crippen LogP contribution in [0.3, 0.4) is 0 Å². The molecule has 1 heterocycles. The van der Waals surface area contributed by atoms with Crippen LogP contribution in [0.5, 0.6) is 0 Å². The topological polar surface area (TPSA) is 3.24 Å². The maximum atomic E-state index is 2.64. The van der Waals surface area contributed by atoms with Gasteiger partial charge in [-0.15, -0.1) is 0 Å². The average molecular weight is 169 g/mol. The highest BCUT2D eigenvalue weighted by Crippen LogP contribution is 2.17. The van der Waals surface area contributed by atoms with Gasteiger partial charge < -0.3 is 4.23 Å². The number of hydrogen-bond acceptors (Lipinski definition) is 1. The maximum Gasteiger partial charge on any atom is 0.134 e. The van der Waals surface area contributed by atoms with Gasteiger partial charge >= 0.3 is 0 Å². The summed E-state index contributed by atoms with van der Waals surface area (Å²) < 4.78 is 2.64. The van der Waals surface area contributed by atoms with E-state index in [0.29, 0.717) is 5.54 Å². The molecule has 0 saturated carbocycles. The van der Waals surface area contributed by atoms with E-state index < -0.39 is 0 Å². The molecule has 0 aliphatic carbocycles. The summed E-state index contributed by atoms with van der Waals surface area (Å²) in [6.45, 7) is 6.95. The molecule has 0 N–H and O–H groups in total. The summed E-state index contributed by atoms with van der Waals surface area (Å²) in [5.74, 6) is 0. The van der Waals surface area contributed by atoms with E-state index in [-0.39, 0.29) is 0 Å². The predicted molar refractivity (Wildman–Crippen MR) is 47.3 cm³/mol. The van der Waals surface area contributed by atoms with Crippen molar-refractivity contribution < 1.29 is 0 Å². The Kier molecular flexibility index (Phi) is 2.71. The van der Waals surface area contributed by atoms with E-state index in [0.717, 1.165) is 19.4 Å². The van der Waals surface area contributed by atoms with Crippen LogP contribution >= 0.6 is 0 Å². The molecule has 0 bridgehead atoms. The molecule has 1 aliphatic rings. The normalized spacial score (nSPS) is 23.1. The van der Waals surface area contributed by atoms with E-state index in [4.69, 9.17) is 0 Å². The van der Waals surface area contributed by atoms with Gasteiger partial charge in [-0.05, 0) is 38.4 Å². The second kappa shape index (κ2) is 3.19. The Morgan fingerprint density at radius 3 is 1.90 bits per heavy atom. The number of rotatable bonds is 0. The third kappa shape index (κ3) is 2.21. The third-order valence-electron chi connectivity index (χ3n) is 1.56. The lowest BCUT2D eigenvalue weighted by atomic mass is 10.1. The molecular formula is C7H15NSi2. The lowest BCUT2D eigenvalue weighted by molar-refractivity contribution is 0.369. The van der Waals surface area contributed by atoms with E-state index in [1.54, 1.807) is 0 Å². The van der Waals surface area contributed by atoms with Crippen LogP contribution in [-0.4, -0.2) is 29.1 Å². The van der Waals surface area contributed by atoms with Gasteiger partial charge in [0.1, 0.15) is 19.4 Å². The van der Waals surface area contributed by atoms with Crippen LogP contribution < -0.4 is 0 Å². The van der Waals surface area contributed by atoms with Gasteiger partial charge in [0.05, 0.1) is 0 Å². The SMILES string of the molecule is CC(C)(C)N1[Si]CCC[Si]1. The molecule has 1 saturated heterocycles. The second-order valence-corrected chi connectivity index (χ2v) is 6.65. The van der Waals surface area contributed by atoms with Gasteiger partial charge in [-0.2, -0.15) is 0 Å². The molecule has 3 heteroatoms. The highest BCUT2D eigenvalue weighted by Gasteiger charge is 2.23. The maximum absolute atomic E-state index is 2.64. The Labute approximate surface area is 69.0 Å². The first-order valence-electron chi connectivity index (χ1n) is 3.88. The van der Waals surface area contributed by atoms with E-state index in [2.05, 4.69) is 25.0 Å². The van der Waals surface area contributed by atoms with E-state index in [1.807, 2.05) is 0 Å². The molecule has 1 aliphatic heterocycles.